The molecular formula is C11H19N3OS. The molecule has 0 aromatic carbocycles. The van der Waals surface area contributed by atoms with E-state index in [0.717, 1.165) is 24.7 Å². The number of hydrogen-bond donors (Lipinski definition) is 1. The average Bonchev–Trinajstić information content (AvgIpc) is 2.79. The van der Waals surface area contributed by atoms with Crippen LogP contribution >= 0.6 is 11.8 Å². The van der Waals surface area contributed by atoms with E-state index < -0.39 is 0 Å². The Morgan fingerprint density at radius 2 is 2.44 bits per heavy atom. The van der Waals surface area contributed by atoms with Crippen LogP contribution in [0.5, 0.6) is 0 Å². The van der Waals surface area contributed by atoms with Gasteiger partial charge in [0.05, 0.1) is 11.8 Å². The molecule has 0 saturated carbocycles. The van der Waals surface area contributed by atoms with Gasteiger partial charge in [-0.25, -0.2) is 0 Å². The maximum atomic E-state index is 5.23. The standard InChI is InChI=1S/C11H19N3OS/c1-2-6-12-8-10-13-11(14-15-10)9-5-3-4-7-16-9/h9,12H,2-8H2,1H3. The Morgan fingerprint density at radius 3 is 3.19 bits per heavy atom. The molecule has 90 valence electrons. The van der Waals surface area contributed by atoms with Crippen molar-refractivity contribution in [2.75, 3.05) is 12.3 Å². The minimum atomic E-state index is 0.456. The van der Waals surface area contributed by atoms with Crippen molar-refractivity contribution in [2.24, 2.45) is 0 Å². The Morgan fingerprint density at radius 1 is 1.50 bits per heavy atom. The predicted octanol–water partition coefficient (Wildman–Crippen LogP) is 2.53. The average molecular weight is 241 g/mol. The molecular weight excluding hydrogens is 222 g/mol. The van der Waals surface area contributed by atoms with E-state index in [0.29, 0.717) is 11.8 Å². The molecule has 5 heteroatoms. The summed E-state index contributed by atoms with van der Waals surface area (Å²) in [5, 5.41) is 7.79. The monoisotopic (exact) mass is 241 g/mol. The maximum absolute atomic E-state index is 5.23. The van der Waals surface area contributed by atoms with Crippen LogP contribution in [0, 0.1) is 0 Å². The van der Waals surface area contributed by atoms with Crippen LogP contribution in [0.4, 0.5) is 0 Å². The summed E-state index contributed by atoms with van der Waals surface area (Å²) in [6.45, 7) is 3.83. The van der Waals surface area contributed by atoms with Crippen LogP contribution in [0.15, 0.2) is 4.52 Å². The van der Waals surface area contributed by atoms with Gasteiger partial charge in [-0.05, 0) is 31.6 Å². The number of nitrogens with one attached hydrogen (secondary N) is 1. The fraction of sp³-hybridized carbons (Fsp3) is 0.818. The van der Waals surface area contributed by atoms with Gasteiger partial charge in [0.1, 0.15) is 0 Å². The van der Waals surface area contributed by atoms with Gasteiger partial charge in [0.2, 0.25) is 5.89 Å². The van der Waals surface area contributed by atoms with Crippen molar-refractivity contribution >= 4 is 11.8 Å². The minimum Gasteiger partial charge on any atom is -0.338 e. The number of hydrogen-bond acceptors (Lipinski definition) is 5. The van der Waals surface area contributed by atoms with Gasteiger partial charge in [-0.2, -0.15) is 16.7 Å². The van der Waals surface area contributed by atoms with Crippen molar-refractivity contribution < 1.29 is 4.52 Å². The molecule has 4 nitrogen and oxygen atoms in total. The van der Waals surface area contributed by atoms with Crippen molar-refractivity contribution in [3.8, 4) is 0 Å². The highest BCUT2D eigenvalue weighted by Crippen LogP contribution is 2.36. The Balaban J connectivity index is 1.85. The molecule has 0 radical (unpaired) electrons. The van der Waals surface area contributed by atoms with E-state index in [4.69, 9.17) is 4.52 Å². The fourth-order valence-corrected chi connectivity index (χ4v) is 3.02. The molecule has 2 rings (SSSR count). The molecule has 1 atom stereocenters. The first-order chi connectivity index (χ1) is 7.90. The van der Waals surface area contributed by atoms with Crippen molar-refractivity contribution in [3.05, 3.63) is 11.7 Å². The lowest BCUT2D eigenvalue weighted by Gasteiger charge is -2.17. The van der Waals surface area contributed by atoms with Gasteiger partial charge in [-0.3, -0.25) is 0 Å². The van der Waals surface area contributed by atoms with Crippen LogP contribution < -0.4 is 5.32 Å². The van der Waals surface area contributed by atoms with Gasteiger partial charge < -0.3 is 9.84 Å². The van der Waals surface area contributed by atoms with Gasteiger partial charge >= 0.3 is 0 Å². The van der Waals surface area contributed by atoms with E-state index in [1.807, 2.05) is 11.8 Å². The summed E-state index contributed by atoms with van der Waals surface area (Å²) in [7, 11) is 0. The van der Waals surface area contributed by atoms with Crippen molar-refractivity contribution in [3.63, 3.8) is 0 Å². The summed E-state index contributed by atoms with van der Waals surface area (Å²) in [6.07, 6.45) is 4.92. The Hall–Kier alpha value is -0.550. The van der Waals surface area contributed by atoms with Gasteiger partial charge in [-0.15, -0.1) is 0 Å². The molecule has 1 N–H and O–H groups in total. The SMILES string of the molecule is CCCNCc1nc(C2CCCCS2)no1. The summed E-state index contributed by atoms with van der Waals surface area (Å²) in [5.41, 5.74) is 0. The molecule has 2 heterocycles. The van der Waals surface area contributed by atoms with Gasteiger partial charge in [0.25, 0.3) is 0 Å². The second-order valence-electron chi connectivity index (χ2n) is 4.08. The van der Waals surface area contributed by atoms with Crippen molar-refractivity contribution in [2.45, 2.75) is 44.4 Å². The van der Waals surface area contributed by atoms with Crippen LogP contribution in [0.3, 0.4) is 0 Å². The predicted molar refractivity (Wildman–Crippen MR) is 65.3 cm³/mol. The highest BCUT2D eigenvalue weighted by molar-refractivity contribution is 7.99. The van der Waals surface area contributed by atoms with E-state index in [2.05, 4.69) is 22.4 Å². The van der Waals surface area contributed by atoms with Crippen LogP contribution in [0.2, 0.25) is 0 Å². The normalized spacial score (nSPS) is 21.2. The summed E-state index contributed by atoms with van der Waals surface area (Å²) >= 11 is 1.95. The van der Waals surface area contributed by atoms with E-state index >= 15 is 0 Å². The quantitative estimate of drug-likeness (QED) is 0.803. The van der Waals surface area contributed by atoms with Gasteiger partial charge in [0, 0.05) is 0 Å². The Bertz CT molecular complexity index is 310. The lowest BCUT2D eigenvalue weighted by Crippen LogP contribution is -2.14. The van der Waals surface area contributed by atoms with E-state index in [1.165, 1.54) is 25.0 Å². The lowest BCUT2D eigenvalue weighted by atomic mass is 10.2. The molecule has 16 heavy (non-hydrogen) atoms. The zero-order chi connectivity index (χ0) is 11.2. The van der Waals surface area contributed by atoms with Crippen LogP contribution in [0.25, 0.3) is 0 Å². The van der Waals surface area contributed by atoms with Crippen LogP contribution in [-0.2, 0) is 6.54 Å². The third-order valence-electron chi connectivity index (χ3n) is 2.65. The molecule has 1 aliphatic heterocycles. The Kier molecular flexibility index (Phi) is 4.66. The summed E-state index contributed by atoms with van der Waals surface area (Å²) in [5.74, 6) is 2.83. The fourth-order valence-electron chi connectivity index (χ4n) is 1.79. The highest BCUT2D eigenvalue weighted by atomic mass is 32.2. The number of rotatable bonds is 5. The maximum Gasteiger partial charge on any atom is 0.240 e. The first kappa shape index (κ1) is 11.9. The van der Waals surface area contributed by atoms with Crippen molar-refractivity contribution in [1.82, 2.24) is 15.5 Å². The number of nitrogens with zero attached hydrogens (tertiary/aromatic N) is 2. The van der Waals surface area contributed by atoms with Crippen molar-refractivity contribution in [1.29, 1.82) is 0 Å². The molecule has 0 bridgehead atoms. The lowest BCUT2D eigenvalue weighted by molar-refractivity contribution is 0.362. The molecule has 0 aliphatic carbocycles. The summed E-state index contributed by atoms with van der Waals surface area (Å²) in [4.78, 5) is 4.44. The number of aromatic nitrogens is 2. The smallest absolute Gasteiger partial charge is 0.240 e. The third kappa shape index (κ3) is 3.22. The first-order valence-electron chi connectivity index (χ1n) is 6.05. The first-order valence-corrected chi connectivity index (χ1v) is 7.10. The van der Waals surface area contributed by atoms with E-state index in [9.17, 15) is 0 Å². The number of thioether (sulfide) groups is 1. The molecule has 1 aromatic rings. The molecule has 1 aliphatic rings. The summed E-state index contributed by atoms with van der Waals surface area (Å²) < 4.78 is 5.23. The van der Waals surface area contributed by atoms with Gasteiger partial charge in [-0.1, -0.05) is 18.5 Å². The molecule has 0 amide bonds. The zero-order valence-corrected chi connectivity index (χ0v) is 10.6. The molecule has 1 unspecified atom stereocenters. The highest BCUT2D eigenvalue weighted by Gasteiger charge is 2.21. The molecule has 1 aromatic heterocycles. The summed E-state index contributed by atoms with van der Waals surface area (Å²) in [6, 6.07) is 0. The van der Waals surface area contributed by atoms with Crippen LogP contribution in [0.1, 0.15) is 49.6 Å². The molecule has 0 spiro atoms. The van der Waals surface area contributed by atoms with Crippen LogP contribution in [-0.4, -0.2) is 22.4 Å². The minimum absolute atomic E-state index is 0.456. The molecule has 1 saturated heterocycles. The largest absolute Gasteiger partial charge is 0.338 e. The topological polar surface area (TPSA) is 51.0 Å². The van der Waals surface area contributed by atoms with Gasteiger partial charge in [0.15, 0.2) is 5.82 Å². The van der Waals surface area contributed by atoms with E-state index in [-0.39, 0.29) is 0 Å². The molecule has 1 fully saturated rings. The second kappa shape index (κ2) is 6.25. The van der Waals surface area contributed by atoms with E-state index in [1.54, 1.807) is 0 Å². The third-order valence-corrected chi connectivity index (χ3v) is 4.03. The Labute approximate surface area is 101 Å². The second-order valence-corrected chi connectivity index (χ2v) is 5.39. The zero-order valence-electron chi connectivity index (χ0n) is 9.74.